The Morgan fingerprint density at radius 1 is 1.21 bits per heavy atom. The molecule has 0 fully saturated rings. The van der Waals surface area contributed by atoms with Crippen LogP contribution in [0.1, 0.15) is 39.3 Å². The molecule has 0 amide bonds. The van der Waals surface area contributed by atoms with Crippen LogP contribution in [0.25, 0.3) is 10.9 Å². The average molecular weight is 258 g/mol. The lowest BCUT2D eigenvalue weighted by molar-refractivity contribution is 0.509. The molecule has 2 heteroatoms. The molecule has 19 heavy (non-hydrogen) atoms. The third-order valence-electron chi connectivity index (χ3n) is 3.56. The second-order valence-corrected chi connectivity index (χ2v) is 5.71. The van der Waals surface area contributed by atoms with Crippen LogP contribution in [0.5, 0.6) is 0 Å². The molecule has 1 aromatic carbocycles. The van der Waals surface area contributed by atoms with Gasteiger partial charge in [-0.05, 0) is 42.8 Å². The van der Waals surface area contributed by atoms with Gasteiger partial charge in [-0.2, -0.15) is 0 Å². The van der Waals surface area contributed by atoms with Gasteiger partial charge in [-0.15, -0.1) is 0 Å². The molecule has 0 saturated carbocycles. The molecular weight excluding hydrogens is 232 g/mol. The summed E-state index contributed by atoms with van der Waals surface area (Å²) in [7, 11) is 0. The van der Waals surface area contributed by atoms with Gasteiger partial charge in [0.1, 0.15) is 0 Å². The van der Waals surface area contributed by atoms with Crippen LogP contribution in [0, 0.1) is 5.92 Å². The number of para-hydroxylation sites is 1. The molecule has 0 aliphatic heterocycles. The first-order chi connectivity index (χ1) is 9.22. The van der Waals surface area contributed by atoms with Gasteiger partial charge in [-0.3, -0.25) is 0 Å². The highest BCUT2D eigenvalue weighted by molar-refractivity contribution is 5.81. The van der Waals surface area contributed by atoms with Crippen molar-refractivity contribution in [2.75, 3.05) is 6.54 Å². The van der Waals surface area contributed by atoms with Gasteiger partial charge in [0.15, 0.2) is 0 Å². The van der Waals surface area contributed by atoms with Crippen LogP contribution in [0.2, 0.25) is 0 Å². The Balaban J connectivity index is 2.23. The molecule has 1 heterocycles. The number of fused-ring (bicyclic) bond motifs is 1. The number of aryl methyl sites for hydroxylation is 1. The predicted octanol–water partition coefficient (Wildman–Crippen LogP) is 4.19. The van der Waals surface area contributed by atoms with Crippen LogP contribution in [0.3, 0.4) is 0 Å². The number of benzene rings is 1. The summed E-state index contributed by atoms with van der Waals surface area (Å²) in [6.07, 6.45) is 2.42. The molecule has 0 unspecified atom stereocenters. The Labute approximate surface area is 116 Å². The van der Waals surface area contributed by atoms with E-state index in [1.165, 1.54) is 29.4 Å². The van der Waals surface area contributed by atoms with Gasteiger partial charge in [0.25, 0.3) is 0 Å². The van der Waals surface area contributed by atoms with Crippen molar-refractivity contribution in [2.45, 2.75) is 46.7 Å². The van der Waals surface area contributed by atoms with Crippen LogP contribution < -0.4 is 5.32 Å². The standard InChI is InChI=1S/C17H26N2/c1-4-10-18-13-16-12-15-7-5-6-8-17(15)19(16)11-9-14(2)3/h5-8,12,14,18H,4,9-11,13H2,1-3H3. The highest BCUT2D eigenvalue weighted by atomic mass is 15.0. The van der Waals surface area contributed by atoms with E-state index in [0.29, 0.717) is 0 Å². The molecule has 0 bridgehead atoms. The monoisotopic (exact) mass is 258 g/mol. The quantitative estimate of drug-likeness (QED) is 0.737. The van der Waals surface area contributed by atoms with E-state index < -0.39 is 0 Å². The summed E-state index contributed by atoms with van der Waals surface area (Å²) < 4.78 is 2.48. The van der Waals surface area contributed by atoms with Gasteiger partial charge >= 0.3 is 0 Å². The molecule has 0 atom stereocenters. The first-order valence-corrected chi connectivity index (χ1v) is 7.50. The Morgan fingerprint density at radius 3 is 2.74 bits per heavy atom. The molecular formula is C17H26N2. The molecule has 0 spiro atoms. The molecule has 0 saturated heterocycles. The normalized spacial score (nSPS) is 11.6. The van der Waals surface area contributed by atoms with E-state index in [0.717, 1.165) is 25.6 Å². The molecule has 104 valence electrons. The van der Waals surface area contributed by atoms with Gasteiger partial charge < -0.3 is 9.88 Å². The molecule has 2 nitrogen and oxygen atoms in total. The summed E-state index contributed by atoms with van der Waals surface area (Å²) in [5, 5.41) is 4.88. The number of hydrogen-bond donors (Lipinski definition) is 1. The van der Waals surface area contributed by atoms with Crippen LogP contribution in [-0.2, 0) is 13.1 Å². The Morgan fingerprint density at radius 2 is 2.00 bits per heavy atom. The zero-order valence-electron chi connectivity index (χ0n) is 12.4. The van der Waals surface area contributed by atoms with Crippen molar-refractivity contribution in [1.29, 1.82) is 0 Å². The molecule has 0 radical (unpaired) electrons. The van der Waals surface area contributed by atoms with Crippen LogP contribution in [-0.4, -0.2) is 11.1 Å². The second kappa shape index (κ2) is 6.76. The smallest absolute Gasteiger partial charge is 0.0482 e. The summed E-state index contributed by atoms with van der Waals surface area (Å²) in [6, 6.07) is 11.0. The zero-order valence-corrected chi connectivity index (χ0v) is 12.4. The van der Waals surface area contributed by atoms with Gasteiger partial charge in [-0.1, -0.05) is 39.0 Å². The molecule has 1 aromatic heterocycles. The van der Waals surface area contributed by atoms with E-state index in [9.17, 15) is 0 Å². The minimum Gasteiger partial charge on any atom is -0.343 e. The number of nitrogens with zero attached hydrogens (tertiary/aromatic N) is 1. The summed E-state index contributed by atoms with van der Waals surface area (Å²) in [5.74, 6) is 0.748. The van der Waals surface area contributed by atoms with Gasteiger partial charge in [-0.25, -0.2) is 0 Å². The van der Waals surface area contributed by atoms with Crippen molar-refractivity contribution < 1.29 is 0 Å². The summed E-state index contributed by atoms with van der Waals surface area (Å²) in [6.45, 7) is 9.98. The largest absolute Gasteiger partial charge is 0.343 e. The van der Waals surface area contributed by atoms with E-state index >= 15 is 0 Å². The number of aromatic nitrogens is 1. The average Bonchev–Trinajstić information content (AvgIpc) is 2.74. The lowest BCUT2D eigenvalue weighted by Crippen LogP contribution is -2.17. The molecule has 2 rings (SSSR count). The second-order valence-electron chi connectivity index (χ2n) is 5.71. The van der Waals surface area contributed by atoms with Crippen LogP contribution in [0.15, 0.2) is 30.3 Å². The molecule has 0 aliphatic rings. The zero-order chi connectivity index (χ0) is 13.7. The Bertz CT molecular complexity index is 511. The minimum atomic E-state index is 0.748. The van der Waals surface area contributed by atoms with Crippen molar-refractivity contribution in [3.63, 3.8) is 0 Å². The first-order valence-electron chi connectivity index (χ1n) is 7.50. The third-order valence-corrected chi connectivity index (χ3v) is 3.56. The highest BCUT2D eigenvalue weighted by Gasteiger charge is 2.08. The summed E-state index contributed by atoms with van der Waals surface area (Å²) in [4.78, 5) is 0. The van der Waals surface area contributed by atoms with Crippen LogP contribution >= 0.6 is 0 Å². The van der Waals surface area contributed by atoms with Gasteiger partial charge in [0.2, 0.25) is 0 Å². The SMILES string of the molecule is CCCNCc1cc2ccccc2n1CCC(C)C. The topological polar surface area (TPSA) is 17.0 Å². The van der Waals surface area contributed by atoms with E-state index in [1.807, 2.05) is 0 Å². The molecule has 2 aromatic rings. The maximum atomic E-state index is 3.52. The molecule has 0 aliphatic carbocycles. The van der Waals surface area contributed by atoms with Crippen molar-refractivity contribution in [3.05, 3.63) is 36.0 Å². The van der Waals surface area contributed by atoms with Crippen LogP contribution in [0.4, 0.5) is 0 Å². The van der Waals surface area contributed by atoms with E-state index in [2.05, 4.69) is 61.0 Å². The fourth-order valence-electron chi connectivity index (χ4n) is 2.46. The Kier molecular flexibility index (Phi) is 5.03. The van der Waals surface area contributed by atoms with Crippen molar-refractivity contribution >= 4 is 10.9 Å². The maximum Gasteiger partial charge on any atom is 0.0482 e. The van der Waals surface area contributed by atoms with E-state index in [4.69, 9.17) is 0 Å². The summed E-state index contributed by atoms with van der Waals surface area (Å²) in [5.41, 5.74) is 2.78. The third kappa shape index (κ3) is 3.60. The van der Waals surface area contributed by atoms with Gasteiger partial charge in [0, 0.05) is 24.3 Å². The lowest BCUT2D eigenvalue weighted by atomic mass is 10.1. The lowest BCUT2D eigenvalue weighted by Gasteiger charge is -2.13. The highest BCUT2D eigenvalue weighted by Crippen LogP contribution is 2.21. The van der Waals surface area contributed by atoms with Crippen molar-refractivity contribution in [3.8, 4) is 0 Å². The number of hydrogen-bond acceptors (Lipinski definition) is 1. The van der Waals surface area contributed by atoms with Crippen molar-refractivity contribution in [2.24, 2.45) is 5.92 Å². The fraction of sp³-hybridized carbons (Fsp3) is 0.529. The van der Waals surface area contributed by atoms with E-state index in [-0.39, 0.29) is 0 Å². The number of rotatable bonds is 7. The Hall–Kier alpha value is -1.28. The maximum absolute atomic E-state index is 3.52. The molecule has 1 N–H and O–H groups in total. The number of nitrogens with one attached hydrogen (secondary N) is 1. The first kappa shape index (κ1) is 14.1. The van der Waals surface area contributed by atoms with Crippen molar-refractivity contribution in [1.82, 2.24) is 9.88 Å². The van der Waals surface area contributed by atoms with Gasteiger partial charge in [0.05, 0.1) is 0 Å². The summed E-state index contributed by atoms with van der Waals surface area (Å²) >= 11 is 0. The predicted molar refractivity (Wildman–Crippen MR) is 83.4 cm³/mol. The minimum absolute atomic E-state index is 0.748. The van der Waals surface area contributed by atoms with E-state index in [1.54, 1.807) is 0 Å². The fourth-order valence-corrected chi connectivity index (χ4v) is 2.46.